The van der Waals surface area contributed by atoms with Crippen molar-refractivity contribution in [2.75, 3.05) is 23.3 Å². The Morgan fingerprint density at radius 3 is 2.45 bits per heavy atom. The topological polar surface area (TPSA) is 32.3 Å². The van der Waals surface area contributed by atoms with E-state index in [1.807, 2.05) is 47.4 Å². The van der Waals surface area contributed by atoms with E-state index < -0.39 is 11.7 Å². The second kappa shape index (κ2) is 7.78. The molecule has 0 saturated carbocycles. The van der Waals surface area contributed by atoms with Crippen LogP contribution in [0.4, 0.5) is 24.5 Å². The fraction of sp³-hybridized carbons (Fsp3) is 0.261. The molecule has 1 aliphatic rings. The number of benzene rings is 3. The molecule has 0 spiro atoms. The lowest BCUT2D eigenvalue weighted by molar-refractivity contribution is -0.137. The largest absolute Gasteiger partial charge is 0.416 e. The first-order valence-corrected chi connectivity index (χ1v) is 9.64. The molecule has 6 heteroatoms. The van der Waals surface area contributed by atoms with Crippen molar-refractivity contribution in [2.24, 2.45) is 0 Å². The van der Waals surface area contributed by atoms with Crippen molar-refractivity contribution in [3.8, 4) is 0 Å². The molecular weight excluding hydrogens is 377 g/mol. The number of rotatable bonds is 4. The predicted molar refractivity (Wildman–Crippen MR) is 109 cm³/mol. The molecule has 1 heterocycles. The molecule has 4 rings (SSSR count). The van der Waals surface area contributed by atoms with Crippen LogP contribution in [0.15, 0.2) is 60.7 Å². The molecule has 150 valence electrons. The van der Waals surface area contributed by atoms with E-state index in [1.165, 1.54) is 6.07 Å². The second-order valence-electron chi connectivity index (χ2n) is 7.29. The third-order valence-electron chi connectivity index (χ3n) is 5.28. The van der Waals surface area contributed by atoms with Gasteiger partial charge in [-0.3, -0.25) is 4.79 Å². The number of carbonyl (C=O) groups excluding carboxylic acids is 1. The number of hydrogen-bond donors (Lipinski definition) is 1. The molecular formula is C23H21F3N2O. The number of hydrogen-bond acceptors (Lipinski definition) is 2. The van der Waals surface area contributed by atoms with Gasteiger partial charge in [0.1, 0.15) is 0 Å². The summed E-state index contributed by atoms with van der Waals surface area (Å²) >= 11 is 0. The number of nitrogens with one attached hydrogen (secondary N) is 1. The Morgan fingerprint density at radius 1 is 0.966 bits per heavy atom. The van der Waals surface area contributed by atoms with Gasteiger partial charge in [0.2, 0.25) is 5.91 Å². The zero-order chi connectivity index (χ0) is 20.4. The van der Waals surface area contributed by atoms with Crippen molar-refractivity contribution in [3.63, 3.8) is 0 Å². The first kappa shape index (κ1) is 19.3. The minimum absolute atomic E-state index is 0.0943. The molecule has 0 atom stereocenters. The van der Waals surface area contributed by atoms with Crippen LogP contribution in [-0.4, -0.2) is 19.0 Å². The molecule has 0 aromatic heterocycles. The number of fused-ring (bicyclic) bond motifs is 1. The number of nitrogens with zero attached hydrogens (tertiary/aromatic N) is 1. The van der Waals surface area contributed by atoms with Crippen molar-refractivity contribution >= 4 is 28.1 Å². The Bertz CT molecular complexity index is 1030. The first-order valence-electron chi connectivity index (χ1n) is 9.64. The number of amides is 1. The van der Waals surface area contributed by atoms with E-state index in [9.17, 15) is 18.0 Å². The molecule has 0 aliphatic carbocycles. The Balaban J connectivity index is 1.62. The summed E-state index contributed by atoms with van der Waals surface area (Å²) in [6.45, 7) is 1.55. The third kappa shape index (κ3) is 4.21. The van der Waals surface area contributed by atoms with Crippen molar-refractivity contribution in [2.45, 2.75) is 25.4 Å². The van der Waals surface area contributed by atoms with Crippen LogP contribution >= 0.6 is 0 Å². The second-order valence-corrected chi connectivity index (χ2v) is 7.29. The maximum atomic E-state index is 13.2. The molecule has 0 unspecified atom stereocenters. The van der Waals surface area contributed by atoms with Crippen LogP contribution in [0.2, 0.25) is 0 Å². The normalized spacial score (nSPS) is 14.4. The van der Waals surface area contributed by atoms with Gasteiger partial charge in [-0.2, -0.15) is 13.2 Å². The molecule has 0 bridgehead atoms. The van der Waals surface area contributed by atoms with Gasteiger partial charge in [-0.1, -0.05) is 42.5 Å². The maximum Gasteiger partial charge on any atom is 0.416 e. The van der Waals surface area contributed by atoms with Gasteiger partial charge in [-0.25, -0.2) is 0 Å². The van der Waals surface area contributed by atoms with Crippen molar-refractivity contribution < 1.29 is 18.0 Å². The molecule has 1 saturated heterocycles. The zero-order valence-corrected chi connectivity index (χ0v) is 15.8. The lowest BCUT2D eigenvalue weighted by Gasteiger charge is -2.23. The highest BCUT2D eigenvalue weighted by molar-refractivity contribution is 5.98. The van der Waals surface area contributed by atoms with E-state index in [1.54, 1.807) is 0 Å². The quantitative estimate of drug-likeness (QED) is 0.617. The summed E-state index contributed by atoms with van der Waals surface area (Å²) in [6.07, 6.45) is -2.38. The van der Waals surface area contributed by atoms with E-state index in [0.717, 1.165) is 54.4 Å². The highest BCUT2D eigenvalue weighted by Gasteiger charge is 2.32. The highest BCUT2D eigenvalue weighted by atomic mass is 19.4. The van der Waals surface area contributed by atoms with E-state index in [4.69, 9.17) is 0 Å². The monoisotopic (exact) mass is 398 g/mol. The van der Waals surface area contributed by atoms with Gasteiger partial charge in [0.05, 0.1) is 23.4 Å². The summed E-state index contributed by atoms with van der Waals surface area (Å²) in [5.74, 6) is -0.332. The van der Waals surface area contributed by atoms with Crippen molar-refractivity contribution in [1.82, 2.24) is 0 Å². The summed E-state index contributed by atoms with van der Waals surface area (Å²) in [4.78, 5) is 14.8. The van der Waals surface area contributed by atoms with Gasteiger partial charge >= 0.3 is 6.18 Å². The van der Waals surface area contributed by atoms with Crippen LogP contribution < -0.4 is 10.2 Å². The van der Waals surface area contributed by atoms with Gasteiger partial charge in [0.15, 0.2) is 0 Å². The summed E-state index contributed by atoms with van der Waals surface area (Å²) < 4.78 is 39.6. The van der Waals surface area contributed by atoms with Gasteiger partial charge in [-0.15, -0.1) is 0 Å². The van der Waals surface area contributed by atoms with Gasteiger partial charge in [-0.05, 0) is 47.4 Å². The van der Waals surface area contributed by atoms with Crippen LogP contribution in [0, 0.1) is 0 Å². The van der Waals surface area contributed by atoms with E-state index >= 15 is 0 Å². The average Bonchev–Trinajstić information content (AvgIpc) is 3.22. The number of carbonyl (C=O) groups is 1. The van der Waals surface area contributed by atoms with Crippen LogP contribution in [0.1, 0.15) is 24.0 Å². The number of alkyl halides is 3. The maximum absolute atomic E-state index is 13.2. The molecule has 0 radical (unpaired) electrons. The van der Waals surface area contributed by atoms with E-state index in [0.29, 0.717) is 5.69 Å². The Labute approximate surface area is 167 Å². The minimum atomic E-state index is -4.46. The third-order valence-corrected chi connectivity index (χ3v) is 5.28. The zero-order valence-electron chi connectivity index (χ0n) is 15.8. The smallest absolute Gasteiger partial charge is 0.370 e. The lowest BCUT2D eigenvalue weighted by atomic mass is 10.0. The highest BCUT2D eigenvalue weighted by Crippen LogP contribution is 2.36. The molecule has 1 fully saturated rings. The number of halogens is 3. The molecule has 1 aliphatic heterocycles. The Kier molecular flexibility index (Phi) is 5.18. The summed E-state index contributed by atoms with van der Waals surface area (Å²) in [5, 5.41) is 4.72. The fourth-order valence-electron chi connectivity index (χ4n) is 3.86. The molecule has 3 aromatic carbocycles. The minimum Gasteiger partial charge on any atom is -0.370 e. The Hall–Kier alpha value is -3.02. The van der Waals surface area contributed by atoms with Crippen LogP contribution in [0.25, 0.3) is 10.8 Å². The van der Waals surface area contributed by atoms with E-state index in [-0.39, 0.29) is 18.0 Å². The van der Waals surface area contributed by atoms with Crippen LogP contribution in [-0.2, 0) is 17.4 Å². The Morgan fingerprint density at radius 2 is 1.69 bits per heavy atom. The summed E-state index contributed by atoms with van der Waals surface area (Å²) in [7, 11) is 0. The molecule has 29 heavy (non-hydrogen) atoms. The summed E-state index contributed by atoms with van der Waals surface area (Å²) in [5.41, 5.74) is 0.935. The van der Waals surface area contributed by atoms with Gasteiger partial charge in [0.25, 0.3) is 0 Å². The van der Waals surface area contributed by atoms with Crippen LogP contribution in [0.3, 0.4) is 0 Å². The molecule has 3 nitrogen and oxygen atoms in total. The van der Waals surface area contributed by atoms with Gasteiger partial charge < -0.3 is 10.2 Å². The fourth-order valence-corrected chi connectivity index (χ4v) is 3.86. The average molecular weight is 398 g/mol. The SMILES string of the molecule is O=C(Cc1cccc2ccccc12)Nc1cc(C(F)(F)F)ccc1N1CCCC1. The predicted octanol–water partition coefficient (Wildman–Crippen LogP) is 5.64. The standard InChI is InChI=1S/C23H21F3N2O/c24-23(25,26)18-10-11-21(28-12-3-4-13-28)20(15-18)27-22(29)14-17-8-5-7-16-6-1-2-9-19(16)17/h1-2,5-11,15H,3-4,12-14H2,(H,27,29). The van der Waals surface area contributed by atoms with Crippen molar-refractivity contribution in [1.29, 1.82) is 0 Å². The molecule has 3 aromatic rings. The van der Waals surface area contributed by atoms with Gasteiger partial charge in [0, 0.05) is 13.1 Å². The van der Waals surface area contributed by atoms with Crippen molar-refractivity contribution in [3.05, 3.63) is 71.8 Å². The summed E-state index contributed by atoms with van der Waals surface area (Å²) in [6, 6.07) is 17.0. The molecule has 1 N–H and O–H groups in total. The lowest BCUT2D eigenvalue weighted by Crippen LogP contribution is -2.22. The number of anilines is 2. The first-order chi connectivity index (χ1) is 13.9. The van der Waals surface area contributed by atoms with E-state index in [2.05, 4.69) is 5.32 Å². The van der Waals surface area contributed by atoms with Crippen LogP contribution in [0.5, 0.6) is 0 Å². The molecule has 1 amide bonds.